The number of rotatable bonds is 15. The van der Waals surface area contributed by atoms with E-state index in [1.165, 1.54) is 0 Å². The number of hydrogen-bond acceptors (Lipinski definition) is 6. The zero-order chi connectivity index (χ0) is 23.8. The molecule has 0 radical (unpaired) electrons. The topological polar surface area (TPSA) is 82.7 Å². The first-order valence-electron chi connectivity index (χ1n) is 11.8. The molecule has 0 aromatic carbocycles. The lowest BCUT2D eigenvalue weighted by atomic mass is 10.1. The Balaban J connectivity index is 1.48. The molecule has 2 rings (SSSR count). The molecule has 0 aromatic heterocycles. The Morgan fingerprint density at radius 2 is 1.19 bits per heavy atom. The molecule has 0 spiro atoms. The maximum atomic E-state index is 12.1. The number of carbonyl (C=O) groups excluding carboxylic acids is 2. The molecule has 0 aliphatic carbocycles. The molecular weight excluding hydrogens is 408 g/mol. The Bertz CT molecular complexity index is 616. The summed E-state index contributed by atoms with van der Waals surface area (Å²) in [5.74, 6) is 0. The molecule has 2 heterocycles. The number of nitrogens with zero attached hydrogens (tertiary/aromatic N) is 2. The minimum atomic E-state index is -0.676. The molecule has 32 heavy (non-hydrogen) atoms. The van der Waals surface area contributed by atoms with Gasteiger partial charge < -0.3 is 20.1 Å². The van der Waals surface area contributed by atoms with Crippen molar-refractivity contribution in [2.45, 2.75) is 76.7 Å². The Morgan fingerprint density at radius 1 is 0.844 bits per heavy atom. The fourth-order valence-electron chi connectivity index (χ4n) is 3.59. The Morgan fingerprint density at radius 3 is 1.47 bits per heavy atom. The molecule has 0 aromatic rings. The summed E-state index contributed by atoms with van der Waals surface area (Å²) in [5.41, 5.74) is -1.35. The van der Waals surface area contributed by atoms with E-state index in [2.05, 4.69) is 47.4 Å². The Labute approximate surface area is 193 Å². The van der Waals surface area contributed by atoms with Crippen molar-refractivity contribution >= 4 is 12.2 Å². The average Bonchev–Trinajstić information content (AvgIpc) is 3.62. The highest BCUT2D eigenvalue weighted by molar-refractivity contribution is 5.68. The molecule has 0 bridgehead atoms. The predicted octanol–water partition coefficient (Wildman–Crippen LogP) is 3.30. The van der Waals surface area contributed by atoms with E-state index in [4.69, 9.17) is 9.47 Å². The number of alkyl carbamates (subject to hydrolysis) is 2. The van der Waals surface area contributed by atoms with E-state index >= 15 is 0 Å². The number of carbonyl (C=O) groups is 2. The molecule has 8 heteroatoms. The van der Waals surface area contributed by atoms with Crippen LogP contribution in [-0.4, -0.2) is 84.5 Å². The maximum Gasteiger partial charge on any atom is 0.408 e. The van der Waals surface area contributed by atoms with Crippen LogP contribution in [0.3, 0.4) is 0 Å². The molecule has 6 unspecified atom stereocenters. The second-order valence-electron chi connectivity index (χ2n) is 9.64. The van der Waals surface area contributed by atoms with Crippen LogP contribution >= 0.6 is 0 Å². The van der Waals surface area contributed by atoms with Gasteiger partial charge in [-0.15, -0.1) is 0 Å². The van der Waals surface area contributed by atoms with E-state index in [0.717, 1.165) is 38.8 Å². The normalized spacial score (nSPS) is 27.2. The summed E-state index contributed by atoms with van der Waals surface area (Å²) in [4.78, 5) is 28.6. The molecule has 2 fully saturated rings. The number of amides is 2. The Kier molecular flexibility index (Phi) is 9.58. The van der Waals surface area contributed by atoms with Gasteiger partial charge in [0.2, 0.25) is 0 Å². The van der Waals surface area contributed by atoms with Crippen molar-refractivity contribution in [3.63, 3.8) is 0 Å². The first-order valence-corrected chi connectivity index (χ1v) is 11.8. The van der Waals surface area contributed by atoms with Gasteiger partial charge in [0.25, 0.3) is 0 Å². The van der Waals surface area contributed by atoms with E-state index < -0.39 is 23.4 Å². The SMILES string of the molecule is C=CC(C)(CN1CC1C)OC(=O)NCCCCCCNC(=O)OC(C)(C=C)CN1CC1C. The summed E-state index contributed by atoms with van der Waals surface area (Å²) in [6, 6.07) is 1.10. The monoisotopic (exact) mass is 450 g/mol. The van der Waals surface area contributed by atoms with Crippen LogP contribution in [0.1, 0.15) is 53.4 Å². The van der Waals surface area contributed by atoms with Crippen molar-refractivity contribution in [3.05, 3.63) is 25.3 Å². The van der Waals surface area contributed by atoms with Gasteiger partial charge in [0.1, 0.15) is 11.2 Å². The van der Waals surface area contributed by atoms with Crippen molar-refractivity contribution in [3.8, 4) is 0 Å². The van der Waals surface area contributed by atoms with E-state index in [1.54, 1.807) is 12.2 Å². The van der Waals surface area contributed by atoms with Crippen LogP contribution in [0.2, 0.25) is 0 Å². The highest BCUT2D eigenvalue weighted by Gasteiger charge is 2.38. The van der Waals surface area contributed by atoms with Crippen LogP contribution in [0.5, 0.6) is 0 Å². The van der Waals surface area contributed by atoms with Gasteiger partial charge in [-0.05, 0) is 52.7 Å². The first kappa shape index (κ1) is 26.2. The van der Waals surface area contributed by atoms with Crippen molar-refractivity contribution in [1.29, 1.82) is 0 Å². The molecule has 6 atom stereocenters. The third kappa shape index (κ3) is 9.20. The van der Waals surface area contributed by atoms with E-state index in [0.29, 0.717) is 38.3 Å². The number of nitrogens with one attached hydrogen (secondary N) is 2. The summed E-state index contributed by atoms with van der Waals surface area (Å²) >= 11 is 0. The molecule has 2 saturated heterocycles. The van der Waals surface area contributed by atoms with Crippen molar-refractivity contribution in [1.82, 2.24) is 20.4 Å². The van der Waals surface area contributed by atoms with E-state index in [9.17, 15) is 9.59 Å². The van der Waals surface area contributed by atoms with Crippen LogP contribution in [0.4, 0.5) is 9.59 Å². The smallest absolute Gasteiger partial charge is 0.408 e. The molecule has 2 N–H and O–H groups in total. The lowest BCUT2D eigenvalue weighted by Crippen LogP contribution is -2.41. The van der Waals surface area contributed by atoms with Crippen LogP contribution in [0.25, 0.3) is 0 Å². The Hall–Kier alpha value is -2.06. The average molecular weight is 451 g/mol. The van der Waals surface area contributed by atoms with Gasteiger partial charge in [0.05, 0.1) is 0 Å². The fraction of sp³-hybridized carbons (Fsp3) is 0.750. The van der Waals surface area contributed by atoms with Gasteiger partial charge in [0, 0.05) is 51.4 Å². The van der Waals surface area contributed by atoms with Crippen molar-refractivity contribution < 1.29 is 19.1 Å². The summed E-state index contributed by atoms with van der Waals surface area (Å²) < 4.78 is 11.1. The van der Waals surface area contributed by atoms with Gasteiger partial charge in [-0.3, -0.25) is 9.80 Å². The number of unbranched alkanes of at least 4 members (excludes halogenated alkanes) is 3. The van der Waals surface area contributed by atoms with Crippen LogP contribution in [-0.2, 0) is 9.47 Å². The maximum absolute atomic E-state index is 12.1. The third-order valence-corrected chi connectivity index (χ3v) is 6.17. The van der Waals surface area contributed by atoms with Gasteiger partial charge in [-0.1, -0.05) is 26.0 Å². The minimum Gasteiger partial charge on any atom is -0.438 e. The lowest BCUT2D eigenvalue weighted by molar-refractivity contribution is 0.0478. The zero-order valence-corrected chi connectivity index (χ0v) is 20.3. The number of hydrogen-bond donors (Lipinski definition) is 2. The molecule has 2 aliphatic heterocycles. The molecule has 182 valence electrons. The first-order chi connectivity index (χ1) is 15.1. The molecule has 2 amide bonds. The highest BCUT2D eigenvalue weighted by Crippen LogP contribution is 2.24. The van der Waals surface area contributed by atoms with Crippen LogP contribution in [0.15, 0.2) is 25.3 Å². The minimum absolute atomic E-state index is 0.409. The summed E-state index contributed by atoms with van der Waals surface area (Å²) in [7, 11) is 0. The quantitative estimate of drug-likeness (QED) is 0.226. The van der Waals surface area contributed by atoms with Crippen LogP contribution in [0, 0.1) is 0 Å². The summed E-state index contributed by atoms with van der Waals surface area (Å²) in [6.45, 7) is 20.2. The molecule has 2 aliphatic rings. The van der Waals surface area contributed by atoms with Gasteiger partial charge in [0.15, 0.2) is 0 Å². The van der Waals surface area contributed by atoms with E-state index in [-0.39, 0.29) is 0 Å². The van der Waals surface area contributed by atoms with Gasteiger partial charge >= 0.3 is 12.2 Å². The molecule has 0 saturated carbocycles. The second kappa shape index (κ2) is 11.7. The standard InChI is InChI=1S/C24H42N4O4/c1-7-23(5,17-27-15-19(27)3)31-21(29)25-13-11-9-10-12-14-26-22(30)32-24(6,8-2)18-28-16-20(28)4/h7-8,19-20H,1-2,9-18H2,3-6H3,(H,25,29)(H,26,30). The third-order valence-electron chi connectivity index (χ3n) is 6.17. The summed E-state index contributed by atoms with van der Waals surface area (Å²) in [6.07, 6.45) is 6.19. The highest BCUT2D eigenvalue weighted by atomic mass is 16.6. The molecular formula is C24H42N4O4. The second-order valence-corrected chi connectivity index (χ2v) is 9.64. The van der Waals surface area contributed by atoms with Crippen molar-refractivity contribution in [2.75, 3.05) is 39.3 Å². The lowest BCUT2D eigenvalue weighted by Gasteiger charge is -2.27. The summed E-state index contributed by atoms with van der Waals surface area (Å²) in [5, 5.41) is 5.62. The van der Waals surface area contributed by atoms with Crippen LogP contribution < -0.4 is 10.6 Å². The molecule has 8 nitrogen and oxygen atoms in total. The van der Waals surface area contributed by atoms with Gasteiger partial charge in [-0.2, -0.15) is 0 Å². The number of ether oxygens (including phenoxy) is 2. The largest absolute Gasteiger partial charge is 0.438 e. The van der Waals surface area contributed by atoms with Gasteiger partial charge in [-0.25, -0.2) is 9.59 Å². The van der Waals surface area contributed by atoms with Crippen molar-refractivity contribution in [2.24, 2.45) is 0 Å². The zero-order valence-electron chi connectivity index (χ0n) is 20.3. The predicted molar refractivity (Wildman–Crippen MR) is 127 cm³/mol. The van der Waals surface area contributed by atoms with E-state index in [1.807, 2.05) is 13.8 Å². The fourth-order valence-corrected chi connectivity index (χ4v) is 3.59.